The molecule has 1 aromatic heterocycles. The van der Waals surface area contributed by atoms with Gasteiger partial charge in [0.1, 0.15) is 0 Å². The van der Waals surface area contributed by atoms with Crippen molar-refractivity contribution in [1.82, 2.24) is 4.98 Å². The molecule has 0 bridgehead atoms. The Bertz CT molecular complexity index is 635. The van der Waals surface area contributed by atoms with Crippen LogP contribution in [0.1, 0.15) is 31.8 Å². The molecule has 0 N–H and O–H groups in total. The van der Waals surface area contributed by atoms with Crippen LogP contribution in [0.3, 0.4) is 0 Å². The Balaban J connectivity index is 1.98. The molecule has 0 radical (unpaired) electrons. The Morgan fingerprint density at radius 3 is 2.35 bits per heavy atom. The molecule has 0 unspecified atom stereocenters. The molecule has 0 saturated heterocycles. The van der Waals surface area contributed by atoms with Gasteiger partial charge < -0.3 is 4.74 Å². The maximum atomic E-state index is 12.0. The molecule has 0 aliphatic carbocycles. The Hall–Kier alpha value is -2.49. The average molecular weight is 269 g/mol. The summed E-state index contributed by atoms with van der Waals surface area (Å²) in [6, 6.07) is 8.52. The second-order valence-corrected chi connectivity index (χ2v) is 4.53. The standard InChI is InChI=1S/C16H15NO3/c1-11-3-4-14(9-12(11)2)15(18)10-20-16(19)13-5-7-17-8-6-13/h3-9H,10H2,1-2H3. The topological polar surface area (TPSA) is 56.3 Å². The van der Waals surface area contributed by atoms with Crippen LogP contribution in [0.4, 0.5) is 0 Å². The van der Waals surface area contributed by atoms with Crippen LogP contribution in [0.2, 0.25) is 0 Å². The fourth-order valence-electron chi connectivity index (χ4n) is 1.70. The predicted octanol–water partition coefficient (Wildman–Crippen LogP) is 2.74. The Labute approximate surface area is 117 Å². The van der Waals surface area contributed by atoms with Crippen LogP contribution in [0.15, 0.2) is 42.7 Å². The van der Waals surface area contributed by atoms with Crippen LogP contribution in [-0.4, -0.2) is 23.3 Å². The van der Waals surface area contributed by atoms with Gasteiger partial charge in [-0.3, -0.25) is 9.78 Å². The highest BCUT2D eigenvalue weighted by Gasteiger charge is 2.12. The van der Waals surface area contributed by atoms with Gasteiger partial charge in [-0.2, -0.15) is 0 Å². The van der Waals surface area contributed by atoms with Crippen molar-refractivity contribution in [2.75, 3.05) is 6.61 Å². The zero-order valence-corrected chi connectivity index (χ0v) is 11.4. The summed E-state index contributed by atoms with van der Waals surface area (Å²) in [4.78, 5) is 27.5. The maximum absolute atomic E-state index is 12.0. The number of ether oxygens (including phenoxy) is 1. The number of hydrogen-bond acceptors (Lipinski definition) is 4. The van der Waals surface area contributed by atoms with Gasteiger partial charge in [0.25, 0.3) is 0 Å². The Kier molecular flexibility index (Phi) is 4.25. The minimum Gasteiger partial charge on any atom is -0.454 e. The molecule has 0 amide bonds. The number of aromatic nitrogens is 1. The van der Waals surface area contributed by atoms with E-state index in [9.17, 15) is 9.59 Å². The fourth-order valence-corrected chi connectivity index (χ4v) is 1.70. The number of ketones is 1. The molecular weight excluding hydrogens is 254 g/mol. The molecule has 4 heteroatoms. The van der Waals surface area contributed by atoms with Crippen molar-refractivity contribution < 1.29 is 14.3 Å². The van der Waals surface area contributed by atoms with E-state index in [0.717, 1.165) is 11.1 Å². The van der Waals surface area contributed by atoms with E-state index in [1.54, 1.807) is 24.3 Å². The van der Waals surface area contributed by atoms with Gasteiger partial charge in [0, 0.05) is 18.0 Å². The lowest BCUT2D eigenvalue weighted by molar-refractivity contribution is 0.0474. The van der Waals surface area contributed by atoms with Crippen molar-refractivity contribution >= 4 is 11.8 Å². The Morgan fingerprint density at radius 2 is 1.70 bits per heavy atom. The first-order chi connectivity index (χ1) is 9.58. The summed E-state index contributed by atoms with van der Waals surface area (Å²) in [5.74, 6) is -0.736. The van der Waals surface area contributed by atoms with Crippen LogP contribution >= 0.6 is 0 Å². The lowest BCUT2D eigenvalue weighted by atomic mass is 10.0. The van der Waals surface area contributed by atoms with Crippen molar-refractivity contribution in [3.63, 3.8) is 0 Å². The highest BCUT2D eigenvalue weighted by Crippen LogP contribution is 2.11. The first-order valence-corrected chi connectivity index (χ1v) is 6.25. The smallest absolute Gasteiger partial charge is 0.338 e. The van der Waals surface area contributed by atoms with E-state index in [4.69, 9.17) is 4.74 Å². The number of aryl methyl sites for hydroxylation is 2. The lowest BCUT2D eigenvalue weighted by Gasteiger charge is -2.06. The Morgan fingerprint density at radius 1 is 1.00 bits per heavy atom. The zero-order valence-electron chi connectivity index (χ0n) is 11.4. The second kappa shape index (κ2) is 6.10. The van der Waals surface area contributed by atoms with Gasteiger partial charge in [-0.1, -0.05) is 12.1 Å². The quantitative estimate of drug-likeness (QED) is 0.632. The van der Waals surface area contributed by atoms with Crippen molar-refractivity contribution in [2.45, 2.75) is 13.8 Å². The van der Waals surface area contributed by atoms with Crippen LogP contribution in [0.25, 0.3) is 0 Å². The highest BCUT2D eigenvalue weighted by molar-refractivity contribution is 5.99. The normalized spacial score (nSPS) is 10.1. The molecule has 0 saturated carbocycles. The molecule has 4 nitrogen and oxygen atoms in total. The second-order valence-electron chi connectivity index (χ2n) is 4.53. The van der Waals surface area contributed by atoms with Crippen molar-refractivity contribution in [2.24, 2.45) is 0 Å². The fraction of sp³-hybridized carbons (Fsp3) is 0.188. The predicted molar refractivity (Wildman–Crippen MR) is 74.8 cm³/mol. The summed E-state index contributed by atoms with van der Waals surface area (Å²) >= 11 is 0. The summed E-state index contributed by atoms with van der Waals surface area (Å²) in [6.45, 7) is 3.66. The number of benzene rings is 1. The van der Waals surface area contributed by atoms with Crippen LogP contribution in [0, 0.1) is 13.8 Å². The van der Waals surface area contributed by atoms with Gasteiger partial charge in [0.15, 0.2) is 12.4 Å². The number of esters is 1. The minimum absolute atomic E-state index is 0.212. The van der Waals surface area contributed by atoms with E-state index in [0.29, 0.717) is 11.1 Å². The summed E-state index contributed by atoms with van der Waals surface area (Å²) in [5.41, 5.74) is 3.09. The molecule has 2 aromatic rings. The third kappa shape index (κ3) is 3.29. The zero-order chi connectivity index (χ0) is 14.5. The van der Waals surface area contributed by atoms with Gasteiger partial charge in [0.05, 0.1) is 5.56 Å². The molecule has 1 heterocycles. The molecule has 0 atom stereocenters. The number of hydrogen-bond donors (Lipinski definition) is 0. The van der Waals surface area contributed by atoms with Crippen molar-refractivity contribution in [1.29, 1.82) is 0 Å². The number of nitrogens with zero attached hydrogens (tertiary/aromatic N) is 1. The molecule has 0 aliphatic heterocycles. The molecule has 0 spiro atoms. The number of carbonyl (C=O) groups excluding carboxylic acids is 2. The molecule has 102 valence electrons. The maximum Gasteiger partial charge on any atom is 0.338 e. The van der Waals surface area contributed by atoms with Crippen LogP contribution < -0.4 is 0 Å². The van der Waals surface area contributed by atoms with Gasteiger partial charge in [-0.15, -0.1) is 0 Å². The highest BCUT2D eigenvalue weighted by atomic mass is 16.5. The van der Waals surface area contributed by atoms with Crippen LogP contribution in [0.5, 0.6) is 0 Å². The SMILES string of the molecule is Cc1ccc(C(=O)COC(=O)c2ccncc2)cc1C. The summed E-state index contributed by atoms with van der Waals surface area (Å²) < 4.78 is 5.00. The van der Waals surface area contributed by atoms with Crippen molar-refractivity contribution in [3.05, 3.63) is 65.0 Å². The average Bonchev–Trinajstić information content (AvgIpc) is 2.48. The van der Waals surface area contributed by atoms with E-state index in [1.807, 2.05) is 19.9 Å². The third-order valence-electron chi connectivity index (χ3n) is 3.08. The summed E-state index contributed by atoms with van der Waals surface area (Å²) in [5, 5.41) is 0. The summed E-state index contributed by atoms with van der Waals surface area (Å²) in [6.07, 6.45) is 3.00. The van der Waals surface area contributed by atoms with Gasteiger partial charge in [-0.25, -0.2) is 4.79 Å². The largest absolute Gasteiger partial charge is 0.454 e. The molecular formula is C16H15NO3. The summed E-state index contributed by atoms with van der Waals surface area (Å²) in [7, 11) is 0. The minimum atomic E-state index is -0.524. The van der Waals surface area contributed by atoms with Gasteiger partial charge in [-0.05, 0) is 43.2 Å². The van der Waals surface area contributed by atoms with Gasteiger partial charge >= 0.3 is 5.97 Å². The number of carbonyl (C=O) groups is 2. The third-order valence-corrected chi connectivity index (χ3v) is 3.08. The van der Waals surface area contributed by atoms with E-state index in [1.165, 1.54) is 12.4 Å². The van der Waals surface area contributed by atoms with E-state index in [-0.39, 0.29) is 12.4 Å². The van der Waals surface area contributed by atoms with Crippen LogP contribution in [-0.2, 0) is 4.74 Å². The number of rotatable bonds is 4. The lowest BCUT2D eigenvalue weighted by Crippen LogP contribution is -2.14. The van der Waals surface area contributed by atoms with Crippen molar-refractivity contribution in [3.8, 4) is 0 Å². The molecule has 2 rings (SSSR count). The number of pyridine rings is 1. The van der Waals surface area contributed by atoms with E-state index >= 15 is 0 Å². The first kappa shape index (κ1) is 13.9. The first-order valence-electron chi connectivity index (χ1n) is 6.25. The van der Waals surface area contributed by atoms with Gasteiger partial charge in [0.2, 0.25) is 0 Å². The molecule has 0 fully saturated rings. The van der Waals surface area contributed by atoms with E-state index < -0.39 is 5.97 Å². The molecule has 20 heavy (non-hydrogen) atoms. The molecule has 1 aromatic carbocycles. The van der Waals surface area contributed by atoms with E-state index in [2.05, 4.69) is 4.98 Å². The monoisotopic (exact) mass is 269 g/mol. The number of Topliss-reactive ketones (excluding diaryl/α,β-unsaturated/α-hetero) is 1. The molecule has 0 aliphatic rings.